The molecule has 2 rings (SSSR count). The fourth-order valence-electron chi connectivity index (χ4n) is 1.97. The van der Waals surface area contributed by atoms with E-state index >= 15 is 0 Å². The van der Waals surface area contributed by atoms with Crippen molar-refractivity contribution in [2.45, 2.75) is 13.8 Å². The third kappa shape index (κ3) is 2.94. The predicted molar refractivity (Wildman–Crippen MR) is 83.2 cm³/mol. The molecule has 4 heteroatoms. The van der Waals surface area contributed by atoms with Crippen molar-refractivity contribution in [2.75, 3.05) is 7.11 Å². The molecule has 0 spiro atoms. The first-order chi connectivity index (χ1) is 9.02. The van der Waals surface area contributed by atoms with Crippen LogP contribution in [0.25, 0.3) is 11.1 Å². The summed E-state index contributed by atoms with van der Waals surface area (Å²) in [6.45, 7) is 4.14. The zero-order valence-corrected chi connectivity index (χ0v) is 13.2. The molecule has 1 heterocycles. The molecule has 0 unspecified atom stereocenters. The van der Waals surface area contributed by atoms with Crippen molar-refractivity contribution in [2.24, 2.45) is 0 Å². The highest BCUT2D eigenvalue weighted by Crippen LogP contribution is 2.26. The molecule has 0 aliphatic carbocycles. The third-order valence-electron chi connectivity index (χ3n) is 2.91. The van der Waals surface area contributed by atoms with Crippen molar-refractivity contribution < 1.29 is 9.53 Å². The number of hydrogen-bond acceptors (Lipinski definition) is 3. The van der Waals surface area contributed by atoms with Crippen LogP contribution >= 0.6 is 22.6 Å². The van der Waals surface area contributed by atoms with Gasteiger partial charge in [-0.1, -0.05) is 23.8 Å². The lowest BCUT2D eigenvalue weighted by Crippen LogP contribution is -2.06. The number of carbonyl (C=O) groups excluding carboxylic acids is 1. The molecule has 0 fully saturated rings. The molecular formula is C15H14INO2. The second kappa shape index (κ2) is 5.69. The van der Waals surface area contributed by atoms with Crippen molar-refractivity contribution in [3.63, 3.8) is 0 Å². The number of methoxy groups -OCH3 is 1. The summed E-state index contributed by atoms with van der Waals surface area (Å²) in [4.78, 5) is 15.7. The van der Waals surface area contributed by atoms with E-state index in [-0.39, 0.29) is 0 Å². The van der Waals surface area contributed by atoms with E-state index in [4.69, 9.17) is 4.74 Å². The Labute approximate surface area is 126 Å². The van der Waals surface area contributed by atoms with Crippen LogP contribution in [0.15, 0.2) is 30.5 Å². The Hall–Kier alpha value is -1.43. The van der Waals surface area contributed by atoms with Crippen LogP contribution in [0.4, 0.5) is 0 Å². The molecule has 2 aromatic rings. The lowest BCUT2D eigenvalue weighted by atomic mass is 10.00. The van der Waals surface area contributed by atoms with Gasteiger partial charge in [0.25, 0.3) is 0 Å². The summed E-state index contributed by atoms with van der Waals surface area (Å²) in [6.07, 6.45) is 1.71. The van der Waals surface area contributed by atoms with E-state index in [1.165, 1.54) is 18.2 Å². The van der Waals surface area contributed by atoms with Crippen LogP contribution in [-0.2, 0) is 4.74 Å². The van der Waals surface area contributed by atoms with E-state index in [9.17, 15) is 4.79 Å². The molecular weight excluding hydrogens is 353 g/mol. The fraction of sp³-hybridized carbons (Fsp3) is 0.200. The fourth-order valence-corrected chi connectivity index (χ4v) is 2.66. The van der Waals surface area contributed by atoms with Gasteiger partial charge in [0, 0.05) is 15.3 Å². The summed E-state index contributed by atoms with van der Waals surface area (Å²) >= 11 is 2.11. The first-order valence-corrected chi connectivity index (χ1v) is 6.92. The maximum atomic E-state index is 11.5. The Morgan fingerprint density at radius 3 is 2.58 bits per heavy atom. The Kier molecular flexibility index (Phi) is 4.19. The van der Waals surface area contributed by atoms with Crippen LogP contribution in [0, 0.1) is 17.4 Å². The van der Waals surface area contributed by atoms with E-state index in [0.717, 1.165) is 14.7 Å². The van der Waals surface area contributed by atoms with Crippen LogP contribution in [0.2, 0.25) is 0 Å². The summed E-state index contributed by atoms with van der Waals surface area (Å²) in [6, 6.07) is 8.24. The maximum absolute atomic E-state index is 11.5. The van der Waals surface area contributed by atoms with Crippen LogP contribution in [0.5, 0.6) is 0 Å². The number of pyridine rings is 1. The number of aryl methyl sites for hydroxylation is 2. The number of esters is 1. The summed E-state index contributed by atoms with van der Waals surface area (Å²) in [5.74, 6) is -0.406. The molecule has 0 amide bonds. The summed E-state index contributed by atoms with van der Waals surface area (Å²) < 4.78 is 5.49. The number of carbonyl (C=O) groups is 1. The SMILES string of the molecule is COC(=O)c1ncc(-c2ccc(C)cc2C)cc1I. The zero-order valence-electron chi connectivity index (χ0n) is 11.0. The van der Waals surface area contributed by atoms with E-state index in [2.05, 4.69) is 59.6 Å². The number of benzene rings is 1. The van der Waals surface area contributed by atoms with Crippen LogP contribution in [-0.4, -0.2) is 18.1 Å². The van der Waals surface area contributed by atoms with Gasteiger partial charge in [0.2, 0.25) is 0 Å². The molecule has 0 aliphatic rings. The first-order valence-electron chi connectivity index (χ1n) is 5.84. The van der Waals surface area contributed by atoms with Gasteiger partial charge in [0.15, 0.2) is 5.69 Å². The summed E-state index contributed by atoms with van der Waals surface area (Å²) in [5, 5.41) is 0. The Balaban J connectivity index is 2.47. The highest BCUT2D eigenvalue weighted by Gasteiger charge is 2.13. The minimum absolute atomic E-state index is 0.358. The van der Waals surface area contributed by atoms with Gasteiger partial charge in [-0.25, -0.2) is 9.78 Å². The predicted octanol–water partition coefficient (Wildman–Crippen LogP) is 3.76. The Morgan fingerprint density at radius 1 is 1.26 bits per heavy atom. The van der Waals surface area contributed by atoms with Gasteiger partial charge in [-0.05, 0) is 53.6 Å². The molecule has 0 aliphatic heterocycles. The smallest absolute Gasteiger partial charge is 0.357 e. The van der Waals surface area contributed by atoms with Crippen molar-refractivity contribution in [1.29, 1.82) is 0 Å². The third-order valence-corrected chi connectivity index (χ3v) is 3.74. The normalized spacial score (nSPS) is 10.3. The molecule has 3 nitrogen and oxygen atoms in total. The number of nitrogens with zero attached hydrogens (tertiary/aromatic N) is 1. The highest BCUT2D eigenvalue weighted by molar-refractivity contribution is 14.1. The number of halogens is 1. The maximum Gasteiger partial charge on any atom is 0.357 e. The van der Waals surface area contributed by atoms with Gasteiger partial charge >= 0.3 is 5.97 Å². The molecule has 19 heavy (non-hydrogen) atoms. The molecule has 0 radical (unpaired) electrons. The molecule has 0 atom stereocenters. The van der Waals surface area contributed by atoms with E-state index < -0.39 is 5.97 Å². The number of hydrogen-bond donors (Lipinski definition) is 0. The molecule has 0 bridgehead atoms. The second-order valence-electron chi connectivity index (χ2n) is 4.36. The topological polar surface area (TPSA) is 39.2 Å². The number of rotatable bonds is 2. The molecule has 0 N–H and O–H groups in total. The van der Waals surface area contributed by atoms with Gasteiger partial charge in [-0.3, -0.25) is 0 Å². The average Bonchev–Trinajstić information content (AvgIpc) is 2.37. The van der Waals surface area contributed by atoms with E-state index in [1.54, 1.807) is 6.20 Å². The summed E-state index contributed by atoms with van der Waals surface area (Å²) in [5.41, 5.74) is 4.93. The van der Waals surface area contributed by atoms with Gasteiger partial charge in [-0.15, -0.1) is 0 Å². The van der Waals surface area contributed by atoms with Gasteiger partial charge in [-0.2, -0.15) is 0 Å². The number of ether oxygens (including phenoxy) is 1. The summed E-state index contributed by atoms with van der Waals surface area (Å²) in [7, 11) is 1.36. The highest BCUT2D eigenvalue weighted by atomic mass is 127. The van der Waals surface area contributed by atoms with Crippen molar-refractivity contribution in [1.82, 2.24) is 4.98 Å². The lowest BCUT2D eigenvalue weighted by Gasteiger charge is -2.09. The minimum atomic E-state index is -0.406. The zero-order chi connectivity index (χ0) is 14.0. The molecule has 0 saturated heterocycles. The minimum Gasteiger partial charge on any atom is -0.464 e. The van der Waals surface area contributed by atoms with Crippen LogP contribution in [0.1, 0.15) is 21.6 Å². The largest absolute Gasteiger partial charge is 0.464 e. The quantitative estimate of drug-likeness (QED) is 0.600. The standard InChI is InChI=1S/C15H14INO2/c1-9-4-5-12(10(2)6-9)11-7-13(16)14(17-8-11)15(18)19-3/h4-8H,1-3H3. The van der Waals surface area contributed by atoms with Gasteiger partial charge in [0.05, 0.1) is 7.11 Å². The van der Waals surface area contributed by atoms with Crippen LogP contribution < -0.4 is 0 Å². The first kappa shape index (κ1) is 14.0. The van der Waals surface area contributed by atoms with Crippen molar-refractivity contribution in [3.05, 3.63) is 50.9 Å². The second-order valence-corrected chi connectivity index (χ2v) is 5.53. The molecule has 0 saturated carbocycles. The van der Waals surface area contributed by atoms with Crippen molar-refractivity contribution >= 4 is 28.6 Å². The Bertz CT molecular complexity index is 638. The Morgan fingerprint density at radius 2 is 2.00 bits per heavy atom. The van der Waals surface area contributed by atoms with E-state index in [1.807, 2.05) is 6.07 Å². The molecule has 1 aromatic heterocycles. The molecule has 1 aromatic carbocycles. The molecule has 98 valence electrons. The number of aromatic nitrogens is 1. The van der Waals surface area contributed by atoms with Crippen LogP contribution in [0.3, 0.4) is 0 Å². The van der Waals surface area contributed by atoms with E-state index in [0.29, 0.717) is 5.69 Å². The monoisotopic (exact) mass is 367 g/mol. The van der Waals surface area contributed by atoms with Gasteiger partial charge in [0.1, 0.15) is 0 Å². The van der Waals surface area contributed by atoms with Gasteiger partial charge < -0.3 is 4.74 Å². The van der Waals surface area contributed by atoms with Crippen molar-refractivity contribution in [3.8, 4) is 11.1 Å². The average molecular weight is 367 g/mol. The lowest BCUT2D eigenvalue weighted by molar-refractivity contribution is 0.0593.